The Balaban J connectivity index is 2.09. The minimum atomic E-state index is -0.517. The molecule has 110 valence electrons. The molecule has 1 saturated heterocycles. The van der Waals surface area contributed by atoms with E-state index in [2.05, 4.69) is 10.6 Å². The maximum atomic E-state index is 11.8. The monoisotopic (exact) mass is 278 g/mol. The number of anilines is 1. The highest BCUT2D eigenvalue weighted by Crippen LogP contribution is 2.23. The molecular weight excluding hydrogens is 256 g/mol. The Hall–Kier alpha value is -1.59. The second kappa shape index (κ2) is 5.81. The topological polar surface area (TPSA) is 59.6 Å². The predicted octanol–water partition coefficient (Wildman–Crippen LogP) is 1.92. The van der Waals surface area contributed by atoms with Crippen LogP contribution in [0.1, 0.15) is 29.8 Å². The summed E-state index contributed by atoms with van der Waals surface area (Å²) in [6.07, 6.45) is 0. The van der Waals surface area contributed by atoms with Crippen molar-refractivity contribution in [2.45, 2.75) is 32.6 Å². The van der Waals surface area contributed by atoms with Crippen molar-refractivity contribution in [2.24, 2.45) is 0 Å². The molecule has 2 N–H and O–H groups in total. The lowest BCUT2D eigenvalue weighted by Crippen LogP contribution is -2.45. The van der Waals surface area contributed by atoms with Crippen LogP contribution >= 0.6 is 0 Å². The number of carbonyl (C=O) groups excluding carboxylic acids is 1. The zero-order chi connectivity index (χ0) is 14.8. The standard InChI is InChI=1S/C15H22N2O3/c1-10-12(14(18)16-4)6-5-7-13(10)17-11-8-19-15(2,3)20-9-11/h5-7,11,17H,8-9H2,1-4H3,(H,16,18). The van der Waals surface area contributed by atoms with Crippen molar-refractivity contribution in [1.82, 2.24) is 5.32 Å². The van der Waals surface area contributed by atoms with E-state index < -0.39 is 5.79 Å². The van der Waals surface area contributed by atoms with E-state index in [1.165, 1.54) is 0 Å². The molecule has 2 rings (SSSR count). The molecule has 1 fully saturated rings. The molecular formula is C15H22N2O3. The van der Waals surface area contributed by atoms with Gasteiger partial charge in [0.1, 0.15) is 0 Å². The van der Waals surface area contributed by atoms with E-state index in [9.17, 15) is 4.79 Å². The van der Waals surface area contributed by atoms with Crippen LogP contribution in [0.4, 0.5) is 5.69 Å². The second-order valence-corrected chi connectivity index (χ2v) is 5.42. The summed E-state index contributed by atoms with van der Waals surface area (Å²) in [6.45, 7) is 6.90. The molecule has 1 aliphatic heterocycles. The number of carbonyl (C=O) groups is 1. The molecule has 0 aliphatic carbocycles. The lowest BCUT2D eigenvalue weighted by atomic mass is 10.1. The summed E-state index contributed by atoms with van der Waals surface area (Å²) in [6, 6.07) is 5.73. The normalized spacial score (nSPS) is 18.6. The quantitative estimate of drug-likeness (QED) is 0.887. The van der Waals surface area contributed by atoms with E-state index in [-0.39, 0.29) is 11.9 Å². The Morgan fingerprint density at radius 1 is 1.30 bits per heavy atom. The van der Waals surface area contributed by atoms with Gasteiger partial charge in [-0.25, -0.2) is 0 Å². The van der Waals surface area contributed by atoms with Crippen LogP contribution in [-0.4, -0.2) is 38.0 Å². The van der Waals surface area contributed by atoms with Crippen molar-refractivity contribution in [3.8, 4) is 0 Å². The number of amides is 1. The van der Waals surface area contributed by atoms with Crippen molar-refractivity contribution < 1.29 is 14.3 Å². The average molecular weight is 278 g/mol. The van der Waals surface area contributed by atoms with E-state index in [1.54, 1.807) is 7.05 Å². The van der Waals surface area contributed by atoms with Crippen LogP contribution in [0.2, 0.25) is 0 Å². The summed E-state index contributed by atoms with van der Waals surface area (Å²) in [7, 11) is 1.63. The van der Waals surface area contributed by atoms with Crippen LogP contribution in [0.5, 0.6) is 0 Å². The van der Waals surface area contributed by atoms with E-state index in [4.69, 9.17) is 9.47 Å². The minimum Gasteiger partial charge on any atom is -0.377 e. The van der Waals surface area contributed by atoms with Crippen LogP contribution in [0, 0.1) is 6.92 Å². The summed E-state index contributed by atoms with van der Waals surface area (Å²) in [5.41, 5.74) is 2.54. The first-order chi connectivity index (χ1) is 9.43. The maximum Gasteiger partial charge on any atom is 0.251 e. The Labute approximate surface area is 119 Å². The third kappa shape index (κ3) is 3.29. The Kier molecular flexibility index (Phi) is 4.30. The summed E-state index contributed by atoms with van der Waals surface area (Å²) in [4.78, 5) is 11.8. The molecule has 0 unspecified atom stereocenters. The van der Waals surface area contributed by atoms with Gasteiger partial charge in [0.2, 0.25) is 0 Å². The number of benzene rings is 1. The van der Waals surface area contributed by atoms with Gasteiger partial charge in [0.05, 0.1) is 19.3 Å². The van der Waals surface area contributed by atoms with Crippen LogP contribution < -0.4 is 10.6 Å². The van der Waals surface area contributed by atoms with Crippen molar-refractivity contribution in [3.05, 3.63) is 29.3 Å². The molecule has 0 aromatic heterocycles. The van der Waals surface area contributed by atoms with Crippen LogP contribution in [0.25, 0.3) is 0 Å². The molecule has 0 spiro atoms. The summed E-state index contributed by atoms with van der Waals surface area (Å²) in [5, 5.41) is 6.02. The summed E-state index contributed by atoms with van der Waals surface area (Å²) >= 11 is 0. The molecule has 20 heavy (non-hydrogen) atoms. The van der Waals surface area contributed by atoms with Crippen LogP contribution in [0.3, 0.4) is 0 Å². The molecule has 1 aliphatic rings. The smallest absolute Gasteiger partial charge is 0.251 e. The van der Waals surface area contributed by atoms with Gasteiger partial charge in [0, 0.05) is 18.3 Å². The van der Waals surface area contributed by atoms with Gasteiger partial charge in [-0.05, 0) is 38.5 Å². The number of rotatable bonds is 3. The first-order valence-electron chi connectivity index (χ1n) is 6.79. The highest BCUT2D eigenvalue weighted by atomic mass is 16.7. The van der Waals surface area contributed by atoms with Crippen molar-refractivity contribution in [3.63, 3.8) is 0 Å². The van der Waals surface area contributed by atoms with E-state index in [0.717, 1.165) is 11.3 Å². The zero-order valence-corrected chi connectivity index (χ0v) is 12.4. The molecule has 1 aromatic carbocycles. The number of nitrogens with one attached hydrogen (secondary N) is 2. The van der Waals surface area contributed by atoms with E-state index in [1.807, 2.05) is 39.0 Å². The second-order valence-electron chi connectivity index (χ2n) is 5.42. The van der Waals surface area contributed by atoms with Crippen molar-refractivity contribution >= 4 is 11.6 Å². The van der Waals surface area contributed by atoms with Gasteiger partial charge in [0.25, 0.3) is 5.91 Å². The average Bonchev–Trinajstić information content (AvgIpc) is 2.42. The summed E-state index contributed by atoms with van der Waals surface area (Å²) in [5.74, 6) is -0.597. The molecule has 1 aromatic rings. The van der Waals surface area contributed by atoms with Gasteiger partial charge in [-0.3, -0.25) is 4.79 Å². The fourth-order valence-corrected chi connectivity index (χ4v) is 2.17. The van der Waals surface area contributed by atoms with Crippen LogP contribution in [0.15, 0.2) is 18.2 Å². The molecule has 0 radical (unpaired) electrons. The van der Waals surface area contributed by atoms with E-state index >= 15 is 0 Å². The molecule has 5 nitrogen and oxygen atoms in total. The lowest BCUT2D eigenvalue weighted by molar-refractivity contribution is -0.247. The molecule has 0 atom stereocenters. The highest BCUT2D eigenvalue weighted by Gasteiger charge is 2.28. The first kappa shape index (κ1) is 14.8. The number of ether oxygens (including phenoxy) is 2. The van der Waals surface area contributed by atoms with E-state index in [0.29, 0.717) is 18.8 Å². The first-order valence-corrected chi connectivity index (χ1v) is 6.79. The zero-order valence-electron chi connectivity index (χ0n) is 12.4. The minimum absolute atomic E-state index is 0.0802. The molecule has 1 amide bonds. The Morgan fingerprint density at radius 2 is 1.95 bits per heavy atom. The largest absolute Gasteiger partial charge is 0.377 e. The van der Waals surface area contributed by atoms with Gasteiger partial charge in [-0.2, -0.15) is 0 Å². The lowest BCUT2D eigenvalue weighted by Gasteiger charge is -2.35. The molecule has 1 heterocycles. The molecule has 0 saturated carbocycles. The third-order valence-electron chi connectivity index (χ3n) is 3.43. The molecule has 0 bridgehead atoms. The van der Waals surface area contributed by atoms with Gasteiger partial charge < -0.3 is 20.1 Å². The number of hydrogen-bond donors (Lipinski definition) is 2. The summed E-state index contributed by atoms with van der Waals surface area (Å²) < 4.78 is 11.2. The maximum absolute atomic E-state index is 11.8. The van der Waals surface area contributed by atoms with Crippen molar-refractivity contribution in [2.75, 3.05) is 25.6 Å². The van der Waals surface area contributed by atoms with Crippen molar-refractivity contribution in [1.29, 1.82) is 0 Å². The van der Waals surface area contributed by atoms with Gasteiger partial charge >= 0.3 is 0 Å². The predicted molar refractivity (Wildman–Crippen MR) is 78.0 cm³/mol. The third-order valence-corrected chi connectivity index (χ3v) is 3.43. The SMILES string of the molecule is CNC(=O)c1cccc(NC2COC(C)(C)OC2)c1C. The highest BCUT2D eigenvalue weighted by molar-refractivity contribution is 5.96. The Morgan fingerprint density at radius 3 is 2.55 bits per heavy atom. The van der Waals surface area contributed by atoms with Gasteiger partial charge in [-0.15, -0.1) is 0 Å². The fraction of sp³-hybridized carbons (Fsp3) is 0.533. The van der Waals surface area contributed by atoms with Crippen LogP contribution in [-0.2, 0) is 9.47 Å². The fourth-order valence-electron chi connectivity index (χ4n) is 2.17. The van der Waals surface area contributed by atoms with Gasteiger partial charge in [0.15, 0.2) is 5.79 Å². The van der Waals surface area contributed by atoms with Gasteiger partial charge in [-0.1, -0.05) is 6.07 Å². The molecule has 5 heteroatoms. The Bertz CT molecular complexity index is 490. The number of hydrogen-bond acceptors (Lipinski definition) is 4.